The molecule has 18 heavy (non-hydrogen) atoms. The largest absolute Gasteiger partial charge is 0.493 e. The van der Waals surface area contributed by atoms with Crippen LogP contribution in [-0.2, 0) is 16.0 Å². The Morgan fingerprint density at radius 1 is 1.56 bits per heavy atom. The lowest BCUT2D eigenvalue weighted by Gasteiger charge is -2.11. The molecule has 0 aliphatic heterocycles. The zero-order chi connectivity index (χ0) is 13.7. The first-order chi connectivity index (χ1) is 8.49. The van der Waals surface area contributed by atoms with Crippen molar-refractivity contribution in [1.82, 2.24) is 4.98 Å². The molecule has 0 aliphatic carbocycles. The van der Waals surface area contributed by atoms with E-state index in [0.717, 1.165) is 0 Å². The summed E-state index contributed by atoms with van der Waals surface area (Å²) in [5.41, 5.74) is 4.97. The van der Waals surface area contributed by atoms with Gasteiger partial charge in [-0.2, -0.15) is 0 Å². The second-order valence-corrected chi connectivity index (χ2v) is 3.40. The van der Waals surface area contributed by atoms with Crippen molar-refractivity contribution < 1.29 is 23.0 Å². The van der Waals surface area contributed by atoms with Gasteiger partial charge >= 0.3 is 5.97 Å². The number of halogens is 2. The fraction of sp³-hybridized carbons (Fsp3) is 0.455. The van der Waals surface area contributed by atoms with E-state index < -0.39 is 18.1 Å². The third-order valence-electron chi connectivity index (χ3n) is 2.19. The monoisotopic (exact) mass is 260 g/mol. The highest BCUT2D eigenvalue weighted by Gasteiger charge is 2.20. The van der Waals surface area contributed by atoms with Gasteiger partial charge in [-0.15, -0.1) is 0 Å². The highest BCUT2D eigenvalue weighted by Crippen LogP contribution is 2.28. The molecule has 0 radical (unpaired) electrons. The second kappa shape index (κ2) is 6.13. The van der Waals surface area contributed by atoms with Crippen molar-refractivity contribution in [3.63, 3.8) is 0 Å². The van der Waals surface area contributed by atoms with Crippen molar-refractivity contribution >= 4 is 11.8 Å². The molecule has 1 aromatic heterocycles. The minimum absolute atomic E-state index is 0.0505. The summed E-state index contributed by atoms with van der Waals surface area (Å²) in [6.07, 6.45) is -3.11. The van der Waals surface area contributed by atoms with Gasteiger partial charge in [0.2, 0.25) is 0 Å². The number of hydrogen-bond acceptors (Lipinski definition) is 5. The Morgan fingerprint density at radius 2 is 2.22 bits per heavy atom. The molecule has 1 rings (SSSR count). The maximum atomic E-state index is 12.8. The molecule has 0 unspecified atom stereocenters. The Hall–Kier alpha value is -1.92. The van der Waals surface area contributed by atoms with Gasteiger partial charge in [0.05, 0.1) is 20.1 Å². The van der Waals surface area contributed by atoms with Crippen molar-refractivity contribution in [2.24, 2.45) is 0 Å². The molecular formula is C11H14F2N2O3. The number of rotatable bonds is 5. The van der Waals surface area contributed by atoms with Gasteiger partial charge in [0.1, 0.15) is 5.69 Å². The molecule has 0 bridgehead atoms. The van der Waals surface area contributed by atoms with Gasteiger partial charge in [0.15, 0.2) is 11.6 Å². The van der Waals surface area contributed by atoms with Gasteiger partial charge in [-0.1, -0.05) is 0 Å². The van der Waals surface area contributed by atoms with Gasteiger partial charge in [-0.25, -0.2) is 13.8 Å². The summed E-state index contributed by atoms with van der Waals surface area (Å²) in [5, 5.41) is 0. The lowest BCUT2D eigenvalue weighted by molar-refractivity contribution is -0.142. The van der Waals surface area contributed by atoms with E-state index in [1.807, 2.05) is 0 Å². The minimum atomic E-state index is -2.82. The Balaban J connectivity index is 3.10. The maximum Gasteiger partial charge on any atom is 0.310 e. The summed E-state index contributed by atoms with van der Waals surface area (Å²) >= 11 is 0. The molecule has 0 spiro atoms. The molecule has 0 saturated heterocycles. The number of aromatic nitrogens is 1. The fourth-order valence-electron chi connectivity index (χ4n) is 1.42. The lowest BCUT2D eigenvalue weighted by atomic mass is 10.1. The summed E-state index contributed by atoms with van der Waals surface area (Å²) in [4.78, 5) is 14.9. The number of alkyl halides is 2. The van der Waals surface area contributed by atoms with Crippen LogP contribution < -0.4 is 10.5 Å². The molecule has 7 heteroatoms. The van der Waals surface area contributed by atoms with E-state index in [4.69, 9.17) is 15.2 Å². The zero-order valence-corrected chi connectivity index (χ0v) is 10.1. The zero-order valence-electron chi connectivity index (χ0n) is 10.1. The van der Waals surface area contributed by atoms with Gasteiger partial charge in [-0.3, -0.25) is 4.79 Å². The first-order valence-corrected chi connectivity index (χ1v) is 5.26. The second-order valence-electron chi connectivity index (χ2n) is 3.40. The van der Waals surface area contributed by atoms with Crippen molar-refractivity contribution in [2.75, 3.05) is 19.5 Å². The predicted molar refractivity (Wildman–Crippen MR) is 60.5 cm³/mol. The summed E-state index contributed by atoms with van der Waals surface area (Å²) in [5.74, 6) is -0.591. The van der Waals surface area contributed by atoms with E-state index in [2.05, 4.69) is 4.98 Å². The Labute approximate surface area is 103 Å². The molecule has 0 atom stereocenters. The molecule has 0 saturated carbocycles. The molecule has 0 amide bonds. The van der Waals surface area contributed by atoms with Gasteiger partial charge in [0.25, 0.3) is 6.43 Å². The standard InChI is InChI=1S/C11H14F2N2O3/c1-3-18-8(16)5-6-4-7(17-2)11(14)15-9(6)10(12)13/h4,10H,3,5H2,1-2H3,(H2,14,15). The van der Waals surface area contributed by atoms with Crippen LogP contribution in [0.5, 0.6) is 5.75 Å². The highest BCUT2D eigenvalue weighted by atomic mass is 19.3. The number of nitrogens with two attached hydrogens (primary N) is 1. The van der Waals surface area contributed by atoms with Crippen LogP contribution in [0.2, 0.25) is 0 Å². The number of nitrogen functional groups attached to an aromatic ring is 1. The number of pyridine rings is 1. The number of nitrogens with zero attached hydrogens (tertiary/aromatic N) is 1. The smallest absolute Gasteiger partial charge is 0.310 e. The first kappa shape index (κ1) is 14.1. The third-order valence-corrected chi connectivity index (χ3v) is 2.19. The lowest BCUT2D eigenvalue weighted by Crippen LogP contribution is -2.12. The Morgan fingerprint density at radius 3 is 2.72 bits per heavy atom. The molecule has 0 fully saturated rings. The van der Waals surface area contributed by atoms with Crippen molar-refractivity contribution in [1.29, 1.82) is 0 Å². The SMILES string of the molecule is CCOC(=O)Cc1cc(OC)c(N)nc1C(F)F. The molecule has 0 aliphatic rings. The fourth-order valence-corrected chi connectivity index (χ4v) is 1.42. The van der Waals surface area contributed by atoms with Gasteiger partial charge < -0.3 is 15.2 Å². The van der Waals surface area contributed by atoms with Crippen LogP contribution in [0, 0.1) is 0 Å². The molecule has 1 aromatic rings. The van der Waals surface area contributed by atoms with E-state index in [9.17, 15) is 13.6 Å². The maximum absolute atomic E-state index is 12.8. The summed E-state index contributed by atoms with van der Waals surface area (Å²) in [7, 11) is 1.34. The Bertz CT molecular complexity index is 439. The quantitative estimate of drug-likeness (QED) is 0.816. The van der Waals surface area contributed by atoms with Crippen molar-refractivity contribution in [3.8, 4) is 5.75 Å². The topological polar surface area (TPSA) is 74.4 Å². The first-order valence-electron chi connectivity index (χ1n) is 5.26. The van der Waals surface area contributed by atoms with E-state index in [-0.39, 0.29) is 30.2 Å². The van der Waals surface area contributed by atoms with Crippen molar-refractivity contribution in [2.45, 2.75) is 19.8 Å². The molecule has 100 valence electrons. The normalized spacial score (nSPS) is 10.5. The van der Waals surface area contributed by atoms with Crippen LogP contribution in [0.25, 0.3) is 0 Å². The third kappa shape index (κ3) is 3.28. The van der Waals surface area contributed by atoms with Crippen LogP contribution in [0.3, 0.4) is 0 Å². The van der Waals surface area contributed by atoms with E-state index in [1.165, 1.54) is 13.2 Å². The number of anilines is 1. The van der Waals surface area contributed by atoms with E-state index >= 15 is 0 Å². The van der Waals surface area contributed by atoms with Gasteiger partial charge in [-0.05, 0) is 18.6 Å². The average Bonchev–Trinajstić information content (AvgIpc) is 2.30. The molecule has 5 nitrogen and oxygen atoms in total. The van der Waals surface area contributed by atoms with Crippen molar-refractivity contribution in [3.05, 3.63) is 17.3 Å². The van der Waals surface area contributed by atoms with Crippen LogP contribution in [0.4, 0.5) is 14.6 Å². The predicted octanol–water partition coefficient (Wildman–Crippen LogP) is 1.72. The number of ether oxygens (including phenoxy) is 2. The number of carbonyl (C=O) groups excluding carboxylic acids is 1. The minimum Gasteiger partial charge on any atom is -0.493 e. The molecule has 2 N–H and O–H groups in total. The Kier molecular flexibility index (Phi) is 4.82. The average molecular weight is 260 g/mol. The van der Waals surface area contributed by atoms with Gasteiger partial charge in [0, 0.05) is 0 Å². The summed E-state index contributed by atoms with van der Waals surface area (Å²) < 4.78 is 35.1. The highest BCUT2D eigenvalue weighted by molar-refractivity contribution is 5.73. The molecule has 1 heterocycles. The number of hydrogen-bond donors (Lipinski definition) is 1. The molecule has 0 aromatic carbocycles. The summed E-state index contributed by atoms with van der Waals surface area (Å²) in [6, 6.07) is 1.28. The van der Waals surface area contributed by atoms with Crippen LogP contribution >= 0.6 is 0 Å². The van der Waals surface area contributed by atoms with E-state index in [1.54, 1.807) is 6.92 Å². The summed E-state index contributed by atoms with van der Waals surface area (Å²) in [6.45, 7) is 1.82. The number of esters is 1. The van der Waals surface area contributed by atoms with Crippen LogP contribution in [0.15, 0.2) is 6.07 Å². The van der Waals surface area contributed by atoms with Crippen LogP contribution in [0.1, 0.15) is 24.6 Å². The molecular weight excluding hydrogens is 246 g/mol. The number of methoxy groups -OCH3 is 1. The van der Waals surface area contributed by atoms with Crippen LogP contribution in [-0.4, -0.2) is 24.7 Å². The van der Waals surface area contributed by atoms with E-state index in [0.29, 0.717) is 0 Å². The number of carbonyl (C=O) groups is 1.